The third-order valence-corrected chi connectivity index (χ3v) is 15.3. The highest BCUT2D eigenvalue weighted by Gasteiger charge is 2.62. The van der Waals surface area contributed by atoms with Gasteiger partial charge in [0.2, 0.25) is 0 Å². The van der Waals surface area contributed by atoms with Crippen molar-refractivity contribution < 1.29 is 9.16 Å². The average molecular weight is 501 g/mol. The van der Waals surface area contributed by atoms with Crippen molar-refractivity contribution in [3.8, 4) is 5.75 Å². The van der Waals surface area contributed by atoms with Crippen LogP contribution in [0.25, 0.3) is 0 Å². The van der Waals surface area contributed by atoms with E-state index in [1.807, 2.05) is 30.3 Å². The lowest BCUT2D eigenvalue weighted by molar-refractivity contribution is -0.475. The number of benzene rings is 1. The Balaban J connectivity index is 1.76. The minimum Gasteiger partial charge on any atom is -0.494 e. The Morgan fingerprint density at radius 3 is 1.77 bits per heavy atom. The van der Waals surface area contributed by atoms with Crippen molar-refractivity contribution in [3.63, 3.8) is 0 Å². The highest BCUT2D eigenvalue weighted by atomic mass is 28.3. The molecule has 2 aliphatic carbocycles. The molecule has 5 atom stereocenters. The monoisotopic (exact) mass is 500 g/mol. The van der Waals surface area contributed by atoms with Gasteiger partial charge in [0.15, 0.2) is 6.04 Å². The Morgan fingerprint density at radius 2 is 1.26 bits per heavy atom. The van der Waals surface area contributed by atoms with E-state index in [4.69, 9.17) is 4.74 Å². The van der Waals surface area contributed by atoms with Gasteiger partial charge >= 0.3 is 8.24 Å². The topological polar surface area (TPSA) is 29.3 Å². The maximum absolute atomic E-state index is 14.5. The van der Waals surface area contributed by atoms with E-state index in [1.165, 1.54) is 57.8 Å². The molecule has 0 heterocycles. The van der Waals surface area contributed by atoms with Crippen molar-refractivity contribution in [2.24, 2.45) is 23.7 Å². The number of para-hydroxylation sites is 1. The molecule has 0 aliphatic heterocycles. The van der Waals surface area contributed by atoms with E-state index in [0.717, 1.165) is 31.1 Å². The van der Waals surface area contributed by atoms with Crippen molar-refractivity contribution in [2.45, 2.75) is 129 Å². The molecule has 1 aromatic rings. The number of nitroso groups, excluding NO2 is 1. The van der Waals surface area contributed by atoms with Crippen LogP contribution in [0.3, 0.4) is 0 Å². The smallest absolute Gasteiger partial charge is 0.415 e. The predicted molar refractivity (Wildman–Crippen MR) is 152 cm³/mol. The Hall–Kier alpha value is -1.16. The summed E-state index contributed by atoms with van der Waals surface area (Å²) < 4.78 is 7.87. The molecule has 0 saturated heterocycles. The molecule has 1 aromatic carbocycles. The van der Waals surface area contributed by atoms with Gasteiger partial charge < -0.3 is 4.74 Å². The van der Waals surface area contributed by atoms with Crippen molar-refractivity contribution in [1.82, 2.24) is 0 Å². The van der Waals surface area contributed by atoms with Gasteiger partial charge in [0.25, 0.3) is 0 Å². The molecule has 3 nitrogen and oxygen atoms in total. The minimum absolute atomic E-state index is 0.228. The Labute approximate surface area is 217 Å². The van der Waals surface area contributed by atoms with Crippen molar-refractivity contribution in [1.29, 1.82) is 0 Å². The van der Waals surface area contributed by atoms with Gasteiger partial charge in [-0.15, -0.1) is 0 Å². The molecule has 0 spiro atoms. The summed E-state index contributed by atoms with van der Waals surface area (Å²) in [5.74, 6) is 3.61. The first-order valence-electron chi connectivity index (χ1n) is 15.0. The standard InChI is InChI=1S/C31H54NO2Si/c1-25-26(2)28(4)31(27(25)3)35(5,24-18-23-34-30-21-16-13-17-22-30)32(33)29-19-14-11-9-7-6-8-10-12-15-20-29/h13,16-17,21-22,25-29,31H,6-12,14-15,18-20,23-24H2,1-5H3/q+1. The molecule has 4 heteroatoms. The summed E-state index contributed by atoms with van der Waals surface area (Å²) in [5.41, 5.74) is 0.572. The molecular weight excluding hydrogens is 446 g/mol. The van der Waals surface area contributed by atoms with Crippen molar-refractivity contribution in [3.05, 3.63) is 35.2 Å². The molecular formula is C31H54NO2Si+. The second-order valence-corrected chi connectivity index (χ2v) is 16.6. The van der Waals surface area contributed by atoms with E-state index in [2.05, 4.69) is 34.2 Å². The van der Waals surface area contributed by atoms with Gasteiger partial charge in [-0.3, -0.25) is 0 Å². The number of hydrogen-bond donors (Lipinski definition) is 0. The fourth-order valence-corrected chi connectivity index (χ4v) is 13.2. The zero-order valence-corrected chi connectivity index (χ0v) is 24.5. The summed E-state index contributed by atoms with van der Waals surface area (Å²) in [7, 11) is -2.25. The van der Waals surface area contributed by atoms with Gasteiger partial charge in [-0.1, -0.05) is 95.3 Å². The lowest BCUT2D eigenvalue weighted by atomic mass is 9.92. The number of hydrogen-bond acceptors (Lipinski definition) is 2. The molecule has 35 heavy (non-hydrogen) atoms. The second-order valence-electron chi connectivity index (χ2n) is 12.3. The van der Waals surface area contributed by atoms with Crippen LogP contribution in [0.4, 0.5) is 0 Å². The van der Waals surface area contributed by atoms with Gasteiger partial charge in [0.1, 0.15) is 5.75 Å². The van der Waals surface area contributed by atoms with Gasteiger partial charge in [-0.2, -0.15) is 0 Å². The van der Waals surface area contributed by atoms with Crippen LogP contribution in [-0.4, -0.2) is 25.3 Å². The van der Waals surface area contributed by atoms with E-state index in [9.17, 15) is 4.91 Å². The SMILES string of the molecule is CC1C(C)C(C)C([Si](C)(CCCOc2ccccc2)[N+](=O)C2CCCCCCCCCCC2)C1C. The maximum atomic E-state index is 14.5. The Kier molecular flexibility index (Phi) is 11.3. The summed E-state index contributed by atoms with van der Waals surface area (Å²) in [6.45, 7) is 13.0. The Bertz CT molecular complexity index is 730. The molecule has 2 saturated carbocycles. The first-order chi connectivity index (χ1) is 16.9. The fourth-order valence-electron chi connectivity index (χ4n) is 7.58. The second kappa shape index (κ2) is 14.0. The highest BCUT2D eigenvalue weighted by Crippen LogP contribution is 2.55. The molecule has 0 N–H and O–H groups in total. The number of rotatable bonds is 8. The minimum atomic E-state index is -2.25. The average Bonchev–Trinajstić information content (AvgIpc) is 3.05. The van der Waals surface area contributed by atoms with E-state index in [-0.39, 0.29) is 6.04 Å². The van der Waals surface area contributed by atoms with Crippen LogP contribution >= 0.6 is 0 Å². The van der Waals surface area contributed by atoms with E-state index in [0.29, 0.717) is 35.8 Å². The van der Waals surface area contributed by atoms with Crippen LogP contribution in [-0.2, 0) is 0 Å². The summed E-state index contributed by atoms with van der Waals surface area (Å²) in [6, 6.07) is 11.4. The lowest BCUT2D eigenvalue weighted by Crippen LogP contribution is -2.54. The molecule has 0 bridgehead atoms. The van der Waals surface area contributed by atoms with E-state index in [1.54, 1.807) is 4.43 Å². The molecule has 5 unspecified atom stereocenters. The van der Waals surface area contributed by atoms with Gasteiger partial charge in [-0.25, -0.2) is 0 Å². The quantitative estimate of drug-likeness (QED) is 0.263. The van der Waals surface area contributed by atoms with E-state index < -0.39 is 8.24 Å². The normalized spacial score (nSPS) is 31.2. The van der Waals surface area contributed by atoms with Crippen LogP contribution in [0, 0.1) is 28.6 Å². The molecule has 0 amide bonds. The number of nitrogens with zero attached hydrogens (tertiary/aromatic N) is 1. The molecule has 2 aliphatic rings. The molecule has 0 radical (unpaired) electrons. The highest BCUT2D eigenvalue weighted by molar-refractivity contribution is 6.72. The number of ether oxygens (including phenoxy) is 1. The van der Waals surface area contributed by atoms with Crippen LogP contribution in [0.1, 0.15) is 105 Å². The first kappa shape index (κ1) is 28.4. The molecule has 3 rings (SSSR count). The summed E-state index contributed by atoms with van der Waals surface area (Å²) in [5, 5.41) is 0. The van der Waals surface area contributed by atoms with Crippen LogP contribution in [0.15, 0.2) is 30.3 Å². The maximum Gasteiger partial charge on any atom is 0.415 e. The zero-order valence-electron chi connectivity index (χ0n) is 23.5. The summed E-state index contributed by atoms with van der Waals surface area (Å²) in [4.78, 5) is 14.5. The summed E-state index contributed by atoms with van der Waals surface area (Å²) in [6.07, 6.45) is 15.1. The Morgan fingerprint density at radius 1 is 0.771 bits per heavy atom. The van der Waals surface area contributed by atoms with Crippen LogP contribution in [0.2, 0.25) is 18.1 Å². The first-order valence-corrected chi connectivity index (χ1v) is 17.7. The van der Waals surface area contributed by atoms with Crippen molar-refractivity contribution in [2.75, 3.05) is 6.61 Å². The molecule has 198 valence electrons. The summed E-state index contributed by atoms with van der Waals surface area (Å²) >= 11 is 0. The predicted octanol–water partition coefficient (Wildman–Crippen LogP) is 9.41. The zero-order chi connectivity index (χ0) is 25.3. The molecule has 2 fully saturated rings. The third kappa shape index (κ3) is 7.43. The lowest BCUT2D eigenvalue weighted by Gasteiger charge is -2.33. The third-order valence-electron chi connectivity index (χ3n) is 10.1. The van der Waals surface area contributed by atoms with Crippen LogP contribution < -0.4 is 4.74 Å². The fraction of sp³-hybridized carbons (Fsp3) is 0.806. The van der Waals surface area contributed by atoms with Gasteiger partial charge in [0, 0.05) is 24.4 Å². The largest absolute Gasteiger partial charge is 0.494 e. The van der Waals surface area contributed by atoms with Gasteiger partial charge in [0.05, 0.1) is 6.61 Å². The van der Waals surface area contributed by atoms with Gasteiger partial charge in [-0.05, 0) is 66.5 Å². The van der Waals surface area contributed by atoms with E-state index >= 15 is 0 Å². The van der Waals surface area contributed by atoms with Crippen LogP contribution in [0.5, 0.6) is 5.75 Å². The van der Waals surface area contributed by atoms with Crippen molar-refractivity contribution >= 4 is 8.24 Å². The molecule has 0 aromatic heterocycles.